The average Bonchev–Trinajstić information content (AvgIpc) is 3.26. The molecule has 3 heterocycles. The van der Waals surface area contributed by atoms with Gasteiger partial charge in [0.05, 0.1) is 15.7 Å². The van der Waals surface area contributed by atoms with Crippen molar-refractivity contribution in [2.75, 3.05) is 0 Å². The predicted molar refractivity (Wildman–Crippen MR) is 108 cm³/mol. The van der Waals surface area contributed by atoms with Crippen molar-refractivity contribution in [1.82, 2.24) is 19.9 Å². The van der Waals surface area contributed by atoms with E-state index in [0.717, 1.165) is 23.9 Å². The van der Waals surface area contributed by atoms with Crippen LogP contribution in [0.4, 0.5) is 0 Å². The van der Waals surface area contributed by atoms with E-state index >= 15 is 0 Å². The molecule has 0 radical (unpaired) electrons. The third kappa shape index (κ3) is 3.11. The summed E-state index contributed by atoms with van der Waals surface area (Å²) >= 11 is 0. The summed E-state index contributed by atoms with van der Waals surface area (Å²) in [5, 5.41) is 7.80. The molecule has 5 rings (SSSR count). The SMILES string of the molecule is O=C(Cn1nnc2ccccc21)N1[C@H]2CC[C@H]1CC(S(=O)(=O)c1ccccc1)C2. The summed E-state index contributed by atoms with van der Waals surface area (Å²) in [6.07, 6.45) is 2.71. The van der Waals surface area contributed by atoms with Gasteiger partial charge in [0.1, 0.15) is 12.1 Å². The maximum absolute atomic E-state index is 13.1. The molecule has 0 N–H and O–H groups in total. The minimum atomic E-state index is -3.38. The number of rotatable bonds is 4. The summed E-state index contributed by atoms with van der Waals surface area (Å²) in [5.74, 6) is -0.0105. The molecule has 0 spiro atoms. The molecule has 0 aliphatic carbocycles. The summed E-state index contributed by atoms with van der Waals surface area (Å²) in [4.78, 5) is 15.4. The summed E-state index contributed by atoms with van der Waals surface area (Å²) in [6, 6.07) is 16.1. The highest BCUT2D eigenvalue weighted by Gasteiger charge is 2.47. The summed E-state index contributed by atoms with van der Waals surface area (Å²) in [7, 11) is -3.38. The number of amides is 1. The number of carbonyl (C=O) groups is 1. The molecule has 2 aliphatic rings. The lowest BCUT2D eigenvalue weighted by molar-refractivity contribution is -0.136. The van der Waals surface area contributed by atoms with E-state index in [1.54, 1.807) is 28.9 Å². The number of benzene rings is 2. The molecule has 8 heteroatoms. The van der Waals surface area contributed by atoms with Crippen molar-refractivity contribution in [1.29, 1.82) is 0 Å². The lowest BCUT2D eigenvalue weighted by atomic mass is 10.0. The Hall–Kier alpha value is -2.74. The number of carbonyl (C=O) groups excluding carboxylic acids is 1. The van der Waals surface area contributed by atoms with Crippen LogP contribution >= 0.6 is 0 Å². The molecule has 2 aliphatic heterocycles. The van der Waals surface area contributed by atoms with Gasteiger partial charge in [-0.1, -0.05) is 35.5 Å². The monoisotopic (exact) mass is 410 g/mol. The molecule has 0 unspecified atom stereocenters. The number of nitrogens with zero attached hydrogens (tertiary/aromatic N) is 4. The lowest BCUT2D eigenvalue weighted by Crippen LogP contribution is -2.50. The van der Waals surface area contributed by atoms with Gasteiger partial charge in [-0.2, -0.15) is 0 Å². The van der Waals surface area contributed by atoms with E-state index in [9.17, 15) is 13.2 Å². The van der Waals surface area contributed by atoms with Gasteiger partial charge in [-0.15, -0.1) is 5.10 Å². The molecule has 2 aromatic carbocycles. The van der Waals surface area contributed by atoms with Crippen LogP contribution < -0.4 is 0 Å². The molecule has 0 saturated carbocycles. The van der Waals surface area contributed by atoms with Crippen LogP contribution in [0.1, 0.15) is 25.7 Å². The molecule has 7 nitrogen and oxygen atoms in total. The third-order valence-electron chi connectivity index (χ3n) is 6.19. The second-order valence-corrected chi connectivity index (χ2v) is 10.1. The van der Waals surface area contributed by atoms with Gasteiger partial charge in [-0.25, -0.2) is 13.1 Å². The van der Waals surface area contributed by atoms with Crippen LogP contribution in [0.5, 0.6) is 0 Å². The molecule has 2 fully saturated rings. The first-order valence-corrected chi connectivity index (χ1v) is 11.5. The molecule has 3 aromatic rings. The minimum Gasteiger partial charge on any atom is -0.335 e. The number of sulfone groups is 1. The van der Waals surface area contributed by atoms with E-state index in [1.807, 2.05) is 35.2 Å². The Morgan fingerprint density at radius 3 is 2.34 bits per heavy atom. The van der Waals surface area contributed by atoms with Crippen molar-refractivity contribution in [3.05, 3.63) is 54.6 Å². The molecular weight excluding hydrogens is 388 g/mol. The Labute approximate surface area is 169 Å². The smallest absolute Gasteiger partial charge is 0.244 e. The third-order valence-corrected chi connectivity index (χ3v) is 8.39. The van der Waals surface area contributed by atoms with Crippen molar-refractivity contribution >= 4 is 26.8 Å². The van der Waals surface area contributed by atoms with Gasteiger partial charge >= 0.3 is 0 Å². The Morgan fingerprint density at radius 1 is 0.966 bits per heavy atom. The fraction of sp³-hybridized carbons (Fsp3) is 0.381. The average molecular weight is 410 g/mol. The van der Waals surface area contributed by atoms with Crippen LogP contribution in [0.15, 0.2) is 59.5 Å². The second-order valence-electron chi connectivity index (χ2n) is 7.87. The highest BCUT2D eigenvalue weighted by molar-refractivity contribution is 7.92. The topological polar surface area (TPSA) is 85.2 Å². The highest BCUT2D eigenvalue weighted by Crippen LogP contribution is 2.40. The first-order valence-electron chi connectivity index (χ1n) is 9.92. The van der Waals surface area contributed by atoms with Crippen LogP contribution in [0.3, 0.4) is 0 Å². The standard InChI is InChI=1S/C21H22N4O3S/c26-21(14-24-20-9-5-4-8-19(20)22-23-24)25-15-10-11-16(25)13-18(12-15)29(27,28)17-6-2-1-3-7-17/h1-9,15-16,18H,10-14H2/t15-,16-/m0/s1. The van der Waals surface area contributed by atoms with Crippen LogP contribution in [0.25, 0.3) is 11.0 Å². The molecule has 29 heavy (non-hydrogen) atoms. The van der Waals surface area contributed by atoms with Gasteiger partial charge in [0.2, 0.25) is 5.91 Å². The molecule has 2 bridgehead atoms. The highest BCUT2D eigenvalue weighted by atomic mass is 32.2. The number of hydrogen-bond acceptors (Lipinski definition) is 5. The van der Waals surface area contributed by atoms with E-state index in [4.69, 9.17) is 0 Å². The maximum Gasteiger partial charge on any atom is 0.244 e. The van der Waals surface area contributed by atoms with Crippen molar-refractivity contribution in [3.8, 4) is 0 Å². The molecule has 1 amide bonds. The van der Waals surface area contributed by atoms with Crippen molar-refractivity contribution < 1.29 is 13.2 Å². The zero-order chi connectivity index (χ0) is 20.0. The Bertz CT molecular complexity index is 1140. The molecule has 1 aromatic heterocycles. The Morgan fingerprint density at radius 2 is 1.62 bits per heavy atom. The first-order chi connectivity index (χ1) is 14.0. The van der Waals surface area contributed by atoms with Gasteiger partial charge in [0.15, 0.2) is 9.84 Å². The summed E-state index contributed by atoms with van der Waals surface area (Å²) < 4.78 is 27.7. The van der Waals surface area contributed by atoms with Gasteiger partial charge < -0.3 is 4.90 Å². The first kappa shape index (κ1) is 18.3. The van der Waals surface area contributed by atoms with Crippen LogP contribution in [-0.2, 0) is 21.2 Å². The maximum atomic E-state index is 13.1. The second kappa shape index (κ2) is 6.95. The van der Waals surface area contributed by atoms with E-state index in [1.165, 1.54) is 0 Å². The zero-order valence-electron chi connectivity index (χ0n) is 15.9. The Balaban J connectivity index is 1.35. The molecular formula is C21H22N4O3S. The van der Waals surface area contributed by atoms with Gasteiger partial charge in [0, 0.05) is 12.1 Å². The van der Waals surface area contributed by atoms with Gasteiger partial charge in [0.25, 0.3) is 0 Å². The number of piperidine rings is 1. The van der Waals surface area contributed by atoms with E-state index in [2.05, 4.69) is 10.3 Å². The van der Waals surface area contributed by atoms with Crippen LogP contribution in [0.2, 0.25) is 0 Å². The van der Waals surface area contributed by atoms with Crippen LogP contribution in [0, 0.1) is 0 Å². The Kier molecular flexibility index (Phi) is 4.38. The van der Waals surface area contributed by atoms with Crippen LogP contribution in [-0.4, -0.2) is 51.6 Å². The van der Waals surface area contributed by atoms with Crippen molar-refractivity contribution in [3.63, 3.8) is 0 Å². The largest absolute Gasteiger partial charge is 0.335 e. The number of aromatic nitrogens is 3. The number of fused-ring (bicyclic) bond motifs is 3. The fourth-order valence-electron chi connectivity index (χ4n) is 4.83. The molecule has 2 atom stereocenters. The van der Waals surface area contributed by atoms with E-state index < -0.39 is 15.1 Å². The van der Waals surface area contributed by atoms with Crippen molar-refractivity contribution in [2.45, 2.75) is 54.5 Å². The summed E-state index contributed by atoms with van der Waals surface area (Å²) in [5.41, 5.74) is 1.59. The minimum absolute atomic E-state index is 0.0105. The lowest BCUT2D eigenvalue weighted by Gasteiger charge is -2.38. The fourth-order valence-corrected chi connectivity index (χ4v) is 6.71. The van der Waals surface area contributed by atoms with E-state index in [0.29, 0.717) is 17.7 Å². The number of para-hydroxylation sites is 1. The number of hydrogen-bond donors (Lipinski definition) is 0. The van der Waals surface area contributed by atoms with Gasteiger partial charge in [-0.3, -0.25) is 4.79 Å². The van der Waals surface area contributed by atoms with Gasteiger partial charge in [-0.05, 0) is 49.9 Å². The summed E-state index contributed by atoms with van der Waals surface area (Å²) in [6.45, 7) is 0.129. The molecule has 2 saturated heterocycles. The van der Waals surface area contributed by atoms with Crippen molar-refractivity contribution in [2.24, 2.45) is 0 Å². The predicted octanol–water partition coefficient (Wildman–Crippen LogP) is 2.43. The quantitative estimate of drug-likeness (QED) is 0.659. The zero-order valence-corrected chi connectivity index (χ0v) is 16.7. The molecule has 150 valence electrons. The van der Waals surface area contributed by atoms with E-state index in [-0.39, 0.29) is 24.5 Å². The normalized spacial score (nSPS) is 24.1.